The topological polar surface area (TPSA) is 54.2 Å². The van der Waals surface area contributed by atoms with Gasteiger partial charge >= 0.3 is 0 Å². The van der Waals surface area contributed by atoms with Crippen LogP contribution in [0.1, 0.15) is 18.1 Å². The Labute approximate surface area is 107 Å². The second-order valence-electron chi connectivity index (χ2n) is 4.94. The van der Waals surface area contributed by atoms with Crippen LogP contribution in [0.3, 0.4) is 0 Å². The molecule has 96 valence electrons. The Morgan fingerprint density at radius 2 is 2.24 bits per heavy atom. The van der Waals surface area contributed by atoms with E-state index < -0.39 is 0 Å². The van der Waals surface area contributed by atoms with Gasteiger partial charge in [-0.2, -0.15) is 4.98 Å². The van der Waals surface area contributed by atoms with E-state index in [2.05, 4.69) is 20.4 Å². The Hall–Kier alpha value is -0.650. The number of halogens is 1. The predicted molar refractivity (Wildman–Crippen MR) is 66.0 cm³/mol. The number of rotatable bonds is 2. The average Bonchev–Trinajstić information content (AvgIpc) is 2.87. The van der Waals surface area contributed by atoms with Gasteiger partial charge in [-0.05, 0) is 44.8 Å². The van der Waals surface area contributed by atoms with E-state index >= 15 is 0 Å². The molecule has 3 heterocycles. The molecule has 6 heteroatoms. The van der Waals surface area contributed by atoms with Gasteiger partial charge in [-0.25, -0.2) is 0 Å². The molecule has 0 spiro atoms. The minimum absolute atomic E-state index is 0. The standard InChI is InChI=1S/C11H18N4O.ClH/c1-8-13-11(16-14-8)7-15-3-2-9-4-12-5-10(9)6-15;/h9-10,12H,2-7H2,1H3;1H. The van der Waals surface area contributed by atoms with E-state index in [1.807, 2.05) is 6.92 Å². The molecule has 17 heavy (non-hydrogen) atoms. The number of hydrogen-bond donors (Lipinski definition) is 1. The van der Waals surface area contributed by atoms with Gasteiger partial charge in [0.2, 0.25) is 5.89 Å². The lowest BCUT2D eigenvalue weighted by molar-refractivity contribution is 0.128. The quantitative estimate of drug-likeness (QED) is 0.852. The smallest absolute Gasteiger partial charge is 0.240 e. The number of fused-ring (bicyclic) bond motifs is 1. The maximum absolute atomic E-state index is 5.16. The first-order chi connectivity index (χ1) is 7.81. The summed E-state index contributed by atoms with van der Waals surface area (Å²) in [6, 6.07) is 0. The van der Waals surface area contributed by atoms with Crippen molar-refractivity contribution in [2.45, 2.75) is 19.9 Å². The molecular weight excluding hydrogens is 240 g/mol. The van der Waals surface area contributed by atoms with Gasteiger partial charge in [-0.15, -0.1) is 12.4 Å². The first-order valence-electron chi connectivity index (χ1n) is 6.03. The lowest BCUT2D eigenvalue weighted by Gasteiger charge is -2.33. The maximum atomic E-state index is 5.16. The number of likely N-dealkylation sites (tertiary alicyclic amines) is 1. The first kappa shape index (κ1) is 12.8. The van der Waals surface area contributed by atoms with Crippen molar-refractivity contribution >= 4 is 12.4 Å². The minimum Gasteiger partial charge on any atom is -0.338 e. The van der Waals surface area contributed by atoms with Crippen LogP contribution in [0.15, 0.2) is 4.52 Å². The minimum atomic E-state index is 0. The van der Waals surface area contributed by atoms with Crippen molar-refractivity contribution in [2.75, 3.05) is 26.2 Å². The third-order valence-electron chi connectivity index (χ3n) is 3.72. The van der Waals surface area contributed by atoms with E-state index in [1.165, 1.54) is 26.1 Å². The highest BCUT2D eigenvalue weighted by Crippen LogP contribution is 2.27. The monoisotopic (exact) mass is 258 g/mol. The fraction of sp³-hybridized carbons (Fsp3) is 0.818. The summed E-state index contributed by atoms with van der Waals surface area (Å²) in [6.45, 7) is 7.37. The number of nitrogens with one attached hydrogen (secondary N) is 1. The molecule has 2 unspecified atom stereocenters. The molecule has 0 bridgehead atoms. The van der Waals surface area contributed by atoms with Crippen molar-refractivity contribution in [3.8, 4) is 0 Å². The largest absolute Gasteiger partial charge is 0.338 e. The second-order valence-corrected chi connectivity index (χ2v) is 4.94. The lowest BCUT2D eigenvalue weighted by Crippen LogP contribution is -2.39. The Bertz CT molecular complexity index is 370. The van der Waals surface area contributed by atoms with Gasteiger partial charge in [0.25, 0.3) is 0 Å². The van der Waals surface area contributed by atoms with E-state index in [1.54, 1.807) is 0 Å². The van der Waals surface area contributed by atoms with Crippen LogP contribution < -0.4 is 5.32 Å². The summed E-state index contributed by atoms with van der Waals surface area (Å²) in [5, 5.41) is 7.30. The second kappa shape index (κ2) is 5.33. The van der Waals surface area contributed by atoms with Crippen molar-refractivity contribution in [1.82, 2.24) is 20.4 Å². The molecule has 2 atom stereocenters. The summed E-state index contributed by atoms with van der Waals surface area (Å²) in [5.74, 6) is 3.19. The van der Waals surface area contributed by atoms with E-state index in [0.717, 1.165) is 36.6 Å². The molecule has 5 nitrogen and oxygen atoms in total. The molecule has 2 fully saturated rings. The summed E-state index contributed by atoms with van der Waals surface area (Å²) in [4.78, 5) is 6.69. The molecule has 1 aromatic rings. The highest BCUT2D eigenvalue weighted by molar-refractivity contribution is 5.85. The zero-order chi connectivity index (χ0) is 11.0. The molecule has 2 aliphatic rings. The van der Waals surface area contributed by atoms with Crippen LogP contribution in [-0.4, -0.2) is 41.2 Å². The van der Waals surface area contributed by atoms with Crippen LogP contribution in [0, 0.1) is 18.8 Å². The van der Waals surface area contributed by atoms with Gasteiger partial charge < -0.3 is 9.84 Å². The zero-order valence-electron chi connectivity index (χ0n) is 10.1. The Morgan fingerprint density at radius 3 is 3.00 bits per heavy atom. The molecular formula is C11H19ClN4O. The van der Waals surface area contributed by atoms with Crippen molar-refractivity contribution < 1.29 is 4.52 Å². The highest BCUT2D eigenvalue weighted by atomic mass is 35.5. The van der Waals surface area contributed by atoms with Crippen LogP contribution in [-0.2, 0) is 6.54 Å². The number of aryl methyl sites for hydroxylation is 1. The maximum Gasteiger partial charge on any atom is 0.240 e. The number of nitrogens with zero attached hydrogens (tertiary/aromatic N) is 3. The molecule has 0 amide bonds. The van der Waals surface area contributed by atoms with Crippen LogP contribution in [0.2, 0.25) is 0 Å². The van der Waals surface area contributed by atoms with Gasteiger partial charge in [0.1, 0.15) is 0 Å². The normalized spacial score (nSPS) is 28.8. The molecule has 3 rings (SSSR count). The number of piperidine rings is 1. The fourth-order valence-electron chi connectivity index (χ4n) is 2.85. The van der Waals surface area contributed by atoms with Crippen molar-refractivity contribution in [3.05, 3.63) is 11.7 Å². The molecule has 1 N–H and O–H groups in total. The fourth-order valence-corrected chi connectivity index (χ4v) is 2.85. The summed E-state index contributed by atoms with van der Waals surface area (Å²) >= 11 is 0. The number of aromatic nitrogens is 2. The van der Waals surface area contributed by atoms with E-state index in [4.69, 9.17) is 4.52 Å². The third-order valence-corrected chi connectivity index (χ3v) is 3.72. The van der Waals surface area contributed by atoms with Crippen molar-refractivity contribution in [3.63, 3.8) is 0 Å². The van der Waals surface area contributed by atoms with Gasteiger partial charge in [0.05, 0.1) is 6.54 Å². The number of hydrogen-bond acceptors (Lipinski definition) is 5. The van der Waals surface area contributed by atoms with E-state index in [-0.39, 0.29) is 12.4 Å². The molecule has 0 radical (unpaired) electrons. The SMILES string of the molecule is Cc1noc(CN2CCC3CNCC3C2)n1.Cl. The van der Waals surface area contributed by atoms with Gasteiger partial charge in [-0.3, -0.25) is 4.90 Å². The van der Waals surface area contributed by atoms with Gasteiger partial charge in [-0.1, -0.05) is 5.16 Å². The summed E-state index contributed by atoms with van der Waals surface area (Å²) in [6.07, 6.45) is 1.30. The Kier molecular flexibility index (Phi) is 4.01. The zero-order valence-corrected chi connectivity index (χ0v) is 10.9. The van der Waals surface area contributed by atoms with Crippen molar-refractivity contribution in [2.24, 2.45) is 11.8 Å². The molecule has 2 saturated heterocycles. The molecule has 0 saturated carbocycles. The summed E-state index contributed by atoms with van der Waals surface area (Å²) < 4.78 is 5.16. The average molecular weight is 259 g/mol. The first-order valence-corrected chi connectivity index (χ1v) is 6.03. The lowest BCUT2D eigenvalue weighted by atomic mass is 9.89. The van der Waals surface area contributed by atoms with E-state index in [9.17, 15) is 0 Å². The molecule has 0 aliphatic carbocycles. The Balaban J connectivity index is 0.00000108. The van der Waals surface area contributed by atoms with Gasteiger partial charge in [0, 0.05) is 6.54 Å². The molecule has 2 aliphatic heterocycles. The summed E-state index contributed by atoms with van der Waals surface area (Å²) in [5.41, 5.74) is 0. The molecule has 0 aromatic carbocycles. The predicted octanol–water partition coefficient (Wildman–Crippen LogP) is 0.841. The van der Waals surface area contributed by atoms with Crippen LogP contribution >= 0.6 is 12.4 Å². The third kappa shape index (κ3) is 2.78. The van der Waals surface area contributed by atoms with Crippen LogP contribution in [0.4, 0.5) is 0 Å². The van der Waals surface area contributed by atoms with Crippen molar-refractivity contribution in [1.29, 1.82) is 0 Å². The Morgan fingerprint density at radius 1 is 1.41 bits per heavy atom. The van der Waals surface area contributed by atoms with Crippen LogP contribution in [0.5, 0.6) is 0 Å². The highest BCUT2D eigenvalue weighted by Gasteiger charge is 2.33. The van der Waals surface area contributed by atoms with E-state index in [0.29, 0.717) is 0 Å². The molecule has 1 aromatic heterocycles. The van der Waals surface area contributed by atoms with Crippen LogP contribution in [0.25, 0.3) is 0 Å². The summed E-state index contributed by atoms with van der Waals surface area (Å²) in [7, 11) is 0. The van der Waals surface area contributed by atoms with Gasteiger partial charge in [0.15, 0.2) is 5.82 Å².